The van der Waals surface area contributed by atoms with Gasteiger partial charge in [0.05, 0.1) is 42.4 Å². The number of carbonyl (C=O) groups excluding carboxylic acids is 3. The van der Waals surface area contributed by atoms with E-state index < -0.39 is 59.8 Å². The van der Waals surface area contributed by atoms with Crippen molar-refractivity contribution in [3.05, 3.63) is 83.5 Å². The van der Waals surface area contributed by atoms with Crippen LogP contribution in [0.1, 0.15) is 44.7 Å². The maximum Gasteiger partial charge on any atom is 0.412 e. The molecule has 3 aliphatic heterocycles. The SMILES string of the molecule is C=C/C=N\c1c(N)ccc(NC(=O)O[C@H]2CC(=O)N(C)c3cc(cc(OC)c3Cl)C/C(C)=C/C=C/[C@@H](OC)[C@@]3(O)C[C@H](OC(=O)N3)[C@@H](C)[C@@H]3O[C@@]23C)c1C=C. The number of hydrogen-bond donors (Lipinski definition) is 4. The second-order valence-electron chi connectivity index (χ2n) is 14.0. The maximum atomic E-state index is 14.2. The number of benzene rings is 2. The van der Waals surface area contributed by atoms with Crippen LogP contribution in [-0.2, 0) is 30.2 Å². The van der Waals surface area contributed by atoms with Gasteiger partial charge < -0.3 is 39.4 Å². The van der Waals surface area contributed by atoms with E-state index in [9.17, 15) is 19.5 Å². The average molecular weight is 778 g/mol. The number of carbonyl (C=O) groups is 3. The van der Waals surface area contributed by atoms with E-state index in [-0.39, 0.29) is 17.9 Å². The van der Waals surface area contributed by atoms with Crippen LogP contribution in [0.4, 0.5) is 32.3 Å². The summed E-state index contributed by atoms with van der Waals surface area (Å²) in [7, 11) is 4.49. The largest absolute Gasteiger partial charge is 0.495 e. The van der Waals surface area contributed by atoms with Crippen molar-refractivity contribution in [1.82, 2.24) is 5.32 Å². The van der Waals surface area contributed by atoms with Gasteiger partial charge in [0.2, 0.25) is 5.91 Å². The van der Waals surface area contributed by atoms with Gasteiger partial charge in [-0.1, -0.05) is 67.6 Å². The molecule has 14 nitrogen and oxygen atoms in total. The van der Waals surface area contributed by atoms with E-state index in [4.69, 9.17) is 41.0 Å². The maximum absolute atomic E-state index is 14.2. The minimum Gasteiger partial charge on any atom is -0.495 e. The van der Waals surface area contributed by atoms with Crippen molar-refractivity contribution >= 4 is 64.7 Å². The molecule has 5 N–H and O–H groups in total. The molecule has 3 aliphatic rings. The van der Waals surface area contributed by atoms with E-state index in [0.29, 0.717) is 40.5 Å². The van der Waals surface area contributed by atoms with Crippen LogP contribution in [0, 0.1) is 5.92 Å². The molecule has 0 saturated carbocycles. The number of nitrogens with one attached hydrogen (secondary N) is 2. The molecule has 2 aromatic carbocycles. The summed E-state index contributed by atoms with van der Waals surface area (Å²) in [5, 5.41) is 17.2. The molecule has 0 spiro atoms. The third-order valence-corrected chi connectivity index (χ3v) is 10.6. The number of hydrogen-bond acceptors (Lipinski definition) is 11. The Bertz CT molecular complexity index is 1950. The topological polar surface area (TPSA) is 187 Å². The van der Waals surface area contributed by atoms with Gasteiger partial charge in [-0.15, -0.1) is 0 Å². The van der Waals surface area contributed by atoms with Crippen LogP contribution < -0.4 is 26.0 Å². The Hall–Kier alpha value is -5.15. The summed E-state index contributed by atoms with van der Waals surface area (Å²) >= 11 is 6.77. The number of nitrogens with zero attached hydrogens (tertiary/aromatic N) is 2. The smallest absolute Gasteiger partial charge is 0.412 e. The number of halogens is 1. The lowest BCUT2D eigenvalue weighted by molar-refractivity contribution is -0.142. The van der Waals surface area contributed by atoms with Gasteiger partial charge >= 0.3 is 12.2 Å². The number of alkyl carbamates (subject to hydrolysis) is 1. The summed E-state index contributed by atoms with van der Waals surface area (Å²) in [4.78, 5) is 46.5. The molecule has 55 heavy (non-hydrogen) atoms. The van der Waals surface area contributed by atoms with Crippen molar-refractivity contribution in [2.45, 2.75) is 75.8 Å². The summed E-state index contributed by atoms with van der Waals surface area (Å²) in [5.41, 5.74) is 6.65. The van der Waals surface area contributed by atoms with Crippen LogP contribution in [0.3, 0.4) is 0 Å². The number of anilines is 3. The lowest BCUT2D eigenvalue weighted by atomic mass is 9.83. The Morgan fingerprint density at radius 2 is 2.00 bits per heavy atom. The average Bonchev–Trinajstić information content (AvgIpc) is 3.84. The Balaban J connectivity index is 1.55. The van der Waals surface area contributed by atoms with E-state index in [1.807, 2.05) is 13.0 Å². The Labute approximate surface area is 325 Å². The quantitative estimate of drug-likeness (QED) is 0.138. The van der Waals surface area contributed by atoms with Crippen molar-refractivity contribution < 1.29 is 43.2 Å². The molecule has 3 heterocycles. The molecule has 7 atom stereocenters. The molecule has 0 aliphatic carbocycles. The predicted octanol–water partition coefficient (Wildman–Crippen LogP) is 6.49. The fraction of sp³-hybridized carbons (Fsp3) is 0.400. The highest BCUT2D eigenvalue weighted by molar-refractivity contribution is 6.35. The third kappa shape index (κ3) is 8.73. The molecule has 5 rings (SSSR count). The zero-order valence-corrected chi connectivity index (χ0v) is 32.5. The van der Waals surface area contributed by atoms with Crippen LogP contribution in [-0.4, -0.2) is 86.4 Å². The van der Waals surface area contributed by atoms with Crippen molar-refractivity contribution in [3.8, 4) is 5.75 Å². The third-order valence-electron chi connectivity index (χ3n) is 10.2. The summed E-state index contributed by atoms with van der Waals surface area (Å²) in [6.07, 6.45) is 4.37. The van der Waals surface area contributed by atoms with Gasteiger partial charge in [0.1, 0.15) is 34.7 Å². The highest BCUT2D eigenvalue weighted by Gasteiger charge is 2.64. The predicted molar refractivity (Wildman–Crippen MR) is 212 cm³/mol. The summed E-state index contributed by atoms with van der Waals surface area (Å²) in [5.74, 6) is -0.619. The molecule has 294 valence electrons. The number of fused-ring (bicyclic) bond motifs is 5. The van der Waals surface area contributed by atoms with E-state index >= 15 is 0 Å². The minimum atomic E-state index is -1.83. The number of ether oxygens (including phenoxy) is 5. The van der Waals surface area contributed by atoms with Crippen LogP contribution in [0.15, 0.2) is 72.3 Å². The van der Waals surface area contributed by atoms with Gasteiger partial charge in [-0.05, 0) is 50.1 Å². The van der Waals surface area contributed by atoms with Gasteiger partial charge in [-0.2, -0.15) is 0 Å². The summed E-state index contributed by atoms with van der Waals surface area (Å²) in [6.45, 7) is 12.9. The summed E-state index contributed by atoms with van der Waals surface area (Å²) in [6, 6.07) is 6.74. The van der Waals surface area contributed by atoms with Crippen molar-refractivity contribution in [3.63, 3.8) is 0 Å². The van der Waals surface area contributed by atoms with Gasteiger partial charge in [-0.3, -0.25) is 20.4 Å². The molecule has 2 saturated heterocycles. The second kappa shape index (κ2) is 16.7. The minimum absolute atomic E-state index is 0.0582. The first kappa shape index (κ1) is 41.0. The lowest BCUT2D eigenvalue weighted by Crippen LogP contribution is -2.63. The van der Waals surface area contributed by atoms with Crippen LogP contribution >= 0.6 is 11.6 Å². The molecule has 0 radical (unpaired) electrons. The number of aliphatic imine (C=N–C) groups is 1. The molecule has 15 heteroatoms. The van der Waals surface area contributed by atoms with Crippen LogP contribution in [0.25, 0.3) is 6.08 Å². The first-order valence-corrected chi connectivity index (χ1v) is 18.0. The fourth-order valence-corrected chi connectivity index (χ4v) is 7.40. The molecular weight excluding hydrogens is 730 g/mol. The Kier molecular flexibility index (Phi) is 12.5. The van der Waals surface area contributed by atoms with Crippen LogP contribution in [0.2, 0.25) is 5.02 Å². The second-order valence-corrected chi connectivity index (χ2v) is 14.4. The molecule has 2 fully saturated rings. The number of amides is 3. The van der Waals surface area contributed by atoms with Gasteiger partial charge in [0.25, 0.3) is 0 Å². The van der Waals surface area contributed by atoms with Crippen molar-refractivity contribution in [1.29, 1.82) is 0 Å². The Morgan fingerprint density at radius 1 is 1.25 bits per heavy atom. The fourth-order valence-electron chi connectivity index (χ4n) is 7.09. The normalized spacial score (nSPS) is 29.9. The number of allylic oxidation sites excluding steroid dienone is 4. The van der Waals surface area contributed by atoms with Crippen LogP contribution in [0.5, 0.6) is 5.75 Å². The highest BCUT2D eigenvalue weighted by Crippen LogP contribution is 2.49. The number of aliphatic hydroxyl groups is 1. The first-order chi connectivity index (χ1) is 26.1. The van der Waals surface area contributed by atoms with Gasteiger partial charge in [0.15, 0.2) is 5.72 Å². The molecule has 3 amide bonds. The molecule has 2 aromatic rings. The number of nitrogen functional groups attached to an aromatic ring is 1. The monoisotopic (exact) mass is 777 g/mol. The number of rotatable bonds is 7. The van der Waals surface area contributed by atoms with Gasteiger partial charge in [-0.25, -0.2) is 9.59 Å². The number of methoxy groups -OCH3 is 2. The molecule has 4 bridgehead atoms. The zero-order chi connectivity index (χ0) is 40.2. The van der Waals surface area contributed by atoms with Crippen molar-refractivity contribution in [2.75, 3.05) is 37.2 Å². The van der Waals surface area contributed by atoms with Gasteiger partial charge in [0, 0.05) is 38.3 Å². The molecule has 0 aromatic heterocycles. The van der Waals surface area contributed by atoms with E-state index in [1.54, 1.807) is 57.3 Å². The van der Waals surface area contributed by atoms with Crippen molar-refractivity contribution in [2.24, 2.45) is 10.9 Å². The number of epoxide rings is 1. The first-order valence-electron chi connectivity index (χ1n) is 17.6. The standard InChI is InChI=1S/C40H48ClN5O9/c1-9-16-43-35-25(10-2)27(15-14-26(35)42)44-37(48)54-32-20-33(47)46(6)28-18-24(19-29(51-7)34(28)41)17-22(3)12-11-13-31(52-8)40(50)21-30(53-38(49)45-40)23(4)36-39(32,5)55-36/h9-16,18-19,23,30-32,36,50H,1-2,17,20-21,42H2,3-8H3,(H,44,48)(H,45,49)/b13-11+,22-12+,43-16-/t23-,30+,31-,32+,36+,39+,40+/m1/s1. The van der Waals surface area contributed by atoms with E-state index in [1.165, 1.54) is 37.5 Å². The lowest BCUT2D eigenvalue weighted by Gasteiger charge is -2.42. The zero-order valence-electron chi connectivity index (χ0n) is 31.8. The number of nitrogens with two attached hydrogens (primary N) is 1. The summed E-state index contributed by atoms with van der Waals surface area (Å²) < 4.78 is 29.2. The Morgan fingerprint density at radius 3 is 2.67 bits per heavy atom. The molecular formula is C40H48ClN5O9. The van der Waals surface area contributed by atoms with E-state index in [2.05, 4.69) is 28.8 Å². The molecule has 0 unspecified atom stereocenters. The van der Waals surface area contributed by atoms with E-state index in [0.717, 1.165) is 11.1 Å². The highest BCUT2D eigenvalue weighted by atomic mass is 35.5.